The summed E-state index contributed by atoms with van der Waals surface area (Å²) in [7, 11) is -2.06. The second kappa shape index (κ2) is 5.54. The number of sulfonamides is 1. The van der Waals surface area contributed by atoms with Crippen LogP contribution in [0.2, 0.25) is 0 Å². The zero-order chi connectivity index (χ0) is 16.8. The van der Waals surface area contributed by atoms with Crippen molar-refractivity contribution in [2.75, 3.05) is 15.7 Å². The second-order valence-corrected chi connectivity index (χ2v) is 7.55. The van der Waals surface area contributed by atoms with Gasteiger partial charge >= 0.3 is 0 Å². The Hall–Kier alpha value is -2.06. The van der Waals surface area contributed by atoms with E-state index in [9.17, 15) is 13.5 Å². The first-order valence-corrected chi connectivity index (χ1v) is 8.84. The van der Waals surface area contributed by atoms with Crippen LogP contribution in [-0.4, -0.2) is 42.1 Å². The summed E-state index contributed by atoms with van der Waals surface area (Å²) in [5.41, 5.74) is 1.25. The molecule has 2 heterocycles. The third kappa shape index (κ3) is 2.57. The Balaban J connectivity index is 2.12. The first kappa shape index (κ1) is 15.8. The number of benzene rings is 1. The number of rotatable bonds is 3. The van der Waals surface area contributed by atoms with Crippen molar-refractivity contribution >= 4 is 21.4 Å². The molecule has 0 amide bonds. The number of aromatic nitrogens is 2. The van der Waals surface area contributed by atoms with E-state index in [2.05, 4.69) is 5.10 Å². The molecule has 0 bridgehead atoms. The topological polar surface area (TPSA) is 78.7 Å². The Morgan fingerprint density at radius 2 is 1.91 bits per heavy atom. The van der Waals surface area contributed by atoms with E-state index in [1.165, 1.54) is 15.1 Å². The summed E-state index contributed by atoms with van der Waals surface area (Å²) in [4.78, 5) is 1.82. The van der Waals surface area contributed by atoms with Crippen LogP contribution in [0.1, 0.15) is 13.8 Å². The van der Waals surface area contributed by atoms with E-state index < -0.39 is 16.3 Å². The van der Waals surface area contributed by atoms with Gasteiger partial charge < -0.3 is 10.0 Å². The van der Waals surface area contributed by atoms with Crippen LogP contribution in [0.5, 0.6) is 0 Å². The summed E-state index contributed by atoms with van der Waals surface area (Å²) in [6, 6.07) is 8.51. The molecule has 2 aromatic rings. The normalized spacial score (nSPS) is 19.6. The largest absolute Gasteiger partial charge is 0.374 e. The van der Waals surface area contributed by atoms with Crippen LogP contribution in [0, 0.1) is 0 Å². The second-order valence-electron chi connectivity index (χ2n) is 5.74. The van der Waals surface area contributed by atoms with Crippen molar-refractivity contribution < 1.29 is 13.5 Å². The van der Waals surface area contributed by atoms with Crippen LogP contribution >= 0.6 is 0 Å². The minimum Gasteiger partial charge on any atom is -0.374 e. The van der Waals surface area contributed by atoms with Crippen molar-refractivity contribution in [3.63, 3.8) is 0 Å². The van der Waals surface area contributed by atoms with Gasteiger partial charge in [-0.15, -0.1) is 0 Å². The number of aliphatic hydroxyl groups is 1. The molecule has 0 radical (unpaired) electrons. The zero-order valence-corrected chi connectivity index (χ0v) is 14.1. The Morgan fingerprint density at radius 3 is 2.48 bits per heavy atom. The lowest BCUT2D eigenvalue weighted by Gasteiger charge is -2.43. The van der Waals surface area contributed by atoms with Gasteiger partial charge in [0.2, 0.25) is 0 Å². The van der Waals surface area contributed by atoms with Crippen LogP contribution in [0.3, 0.4) is 0 Å². The fraction of sp³-hybridized carbons (Fsp3) is 0.400. The highest BCUT2D eigenvalue weighted by Crippen LogP contribution is 2.38. The van der Waals surface area contributed by atoms with Crippen LogP contribution in [0.4, 0.5) is 11.4 Å². The maximum atomic E-state index is 13.0. The Bertz CT molecular complexity index is 816. The van der Waals surface area contributed by atoms with Crippen molar-refractivity contribution in [3.05, 3.63) is 36.5 Å². The minimum absolute atomic E-state index is 0.0208. The molecule has 1 aromatic heterocycles. The lowest BCUT2D eigenvalue weighted by molar-refractivity contribution is 0.178. The van der Waals surface area contributed by atoms with E-state index in [1.54, 1.807) is 32.3 Å². The van der Waals surface area contributed by atoms with Crippen molar-refractivity contribution in [1.82, 2.24) is 9.78 Å². The van der Waals surface area contributed by atoms with Gasteiger partial charge in [0.25, 0.3) is 10.0 Å². The first-order valence-electron chi connectivity index (χ1n) is 7.40. The Morgan fingerprint density at radius 1 is 1.26 bits per heavy atom. The zero-order valence-electron chi connectivity index (χ0n) is 13.3. The Labute approximate surface area is 135 Å². The van der Waals surface area contributed by atoms with Crippen LogP contribution in [0.15, 0.2) is 41.6 Å². The summed E-state index contributed by atoms with van der Waals surface area (Å²) in [5.74, 6) is 0. The predicted molar refractivity (Wildman–Crippen MR) is 87.8 cm³/mol. The van der Waals surface area contributed by atoms with Gasteiger partial charge in [0.15, 0.2) is 5.03 Å². The average molecular weight is 336 g/mol. The van der Waals surface area contributed by atoms with Crippen molar-refractivity contribution in [2.24, 2.45) is 7.05 Å². The summed E-state index contributed by atoms with van der Waals surface area (Å²) < 4.78 is 28.7. The molecule has 8 heteroatoms. The molecule has 0 saturated carbocycles. The first-order chi connectivity index (χ1) is 10.8. The van der Waals surface area contributed by atoms with Crippen LogP contribution < -0.4 is 9.21 Å². The number of para-hydroxylation sites is 2. The van der Waals surface area contributed by atoms with Gasteiger partial charge in [0, 0.05) is 19.3 Å². The van der Waals surface area contributed by atoms with Gasteiger partial charge in [-0.2, -0.15) is 13.5 Å². The number of nitrogens with zero attached hydrogens (tertiary/aromatic N) is 4. The lowest BCUT2D eigenvalue weighted by atomic mass is 10.1. The molecule has 1 unspecified atom stereocenters. The molecule has 0 aliphatic carbocycles. The molecule has 124 valence electrons. The van der Waals surface area contributed by atoms with Gasteiger partial charge in [-0.1, -0.05) is 12.1 Å². The molecule has 2 atom stereocenters. The molecule has 3 rings (SSSR count). The third-order valence-electron chi connectivity index (χ3n) is 3.98. The molecule has 23 heavy (non-hydrogen) atoms. The summed E-state index contributed by atoms with van der Waals surface area (Å²) in [6.45, 7) is 3.82. The molecular formula is C15H20N4O3S. The minimum atomic E-state index is -3.74. The number of aryl methyl sites for hydroxylation is 1. The monoisotopic (exact) mass is 336 g/mol. The number of hydrogen-bond acceptors (Lipinski definition) is 5. The summed E-state index contributed by atoms with van der Waals surface area (Å²) in [6.07, 6.45) is 0.903. The number of aliphatic hydroxyl groups excluding tert-OH is 1. The molecule has 1 aliphatic rings. The highest BCUT2D eigenvalue weighted by molar-refractivity contribution is 7.92. The molecule has 1 aromatic carbocycles. The molecule has 0 spiro atoms. The van der Waals surface area contributed by atoms with Crippen molar-refractivity contribution in [1.29, 1.82) is 0 Å². The summed E-state index contributed by atoms with van der Waals surface area (Å²) >= 11 is 0. The molecule has 7 nitrogen and oxygen atoms in total. The predicted octanol–water partition coefficient (Wildman–Crippen LogP) is 1.16. The van der Waals surface area contributed by atoms with E-state index in [0.29, 0.717) is 11.4 Å². The quantitative estimate of drug-likeness (QED) is 0.910. The van der Waals surface area contributed by atoms with Gasteiger partial charge in [0.1, 0.15) is 6.23 Å². The fourth-order valence-corrected chi connectivity index (χ4v) is 4.51. The molecule has 0 fully saturated rings. The van der Waals surface area contributed by atoms with E-state index >= 15 is 0 Å². The standard InChI is InChI=1S/C15H20N4O3S/c1-11-10-18(23(21,22)15-8-9-17(3)16-15)13-6-4-5-7-14(13)19(11)12(2)20/h4-9,11-12,20H,10H2,1-3H3/t11-,12?/m0/s1. The summed E-state index contributed by atoms with van der Waals surface area (Å²) in [5, 5.41) is 14.1. The average Bonchev–Trinajstić information content (AvgIpc) is 2.93. The lowest BCUT2D eigenvalue weighted by Crippen LogP contribution is -2.52. The van der Waals surface area contributed by atoms with E-state index in [-0.39, 0.29) is 17.6 Å². The SMILES string of the molecule is CC(O)N1c2ccccc2N(S(=O)(=O)c2ccn(C)n2)C[C@@H]1C. The van der Waals surface area contributed by atoms with Gasteiger partial charge in [-0.05, 0) is 32.0 Å². The van der Waals surface area contributed by atoms with E-state index in [0.717, 1.165) is 0 Å². The Kier molecular flexibility index (Phi) is 3.81. The number of fused-ring (bicyclic) bond motifs is 1. The number of hydrogen-bond donors (Lipinski definition) is 1. The van der Waals surface area contributed by atoms with Crippen LogP contribution in [-0.2, 0) is 17.1 Å². The highest BCUT2D eigenvalue weighted by Gasteiger charge is 2.37. The van der Waals surface area contributed by atoms with Gasteiger partial charge in [-0.25, -0.2) is 0 Å². The van der Waals surface area contributed by atoms with Crippen molar-refractivity contribution in [2.45, 2.75) is 31.1 Å². The maximum absolute atomic E-state index is 13.0. The molecular weight excluding hydrogens is 316 g/mol. The smallest absolute Gasteiger partial charge is 0.283 e. The molecule has 1 aliphatic heterocycles. The fourth-order valence-electron chi connectivity index (χ4n) is 3.00. The third-order valence-corrected chi connectivity index (χ3v) is 5.65. The van der Waals surface area contributed by atoms with Crippen molar-refractivity contribution in [3.8, 4) is 0 Å². The van der Waals surface area contributed by atoms with Crippen LogP contribution in [0.25, 0.3) is 0 Å². The van der Waals surface area contributed by atoms with Gasteiger partial charge in [-0.3, -0.25) is 8.99 Å². The number of anilines is 2. The molecule has 1 N–H and O–H groups in total. The highest BCUT2D eigenvalue weighted by atomic mass is 32.2. The molecule has 0 saturated heterocycles. The van der Waals surface area contributed by atoms with Gasteiger partial charge in [0.05, 0.1) is 17.9 Å². The maximum Gasteiger partial charge on any atom is 0.283 e. The van der Waals surface area contributed by atoms with E-state index in [1.807, 2.05) is 24.0 Å². The van der Waals surface area contributed by atoms with E-state index in [4.69, 9.17) is 0 Å².